The van der Waals surface area contributed by atoms with Gasteiger partial charge < -0.3 is 4.42 Å². The van der Waals surface area contributed by atoms with E-state index in [2.05, 4.69) is 4.72 Å². The van der Waals surface area contributed by atoms with Crippen molar-refractivity contribution in [2.75, 3.05) is 4.72 Å². The van der Waals surface area contributed by atoms with Crippen molar-refractivity contribution < 1.29 is 22.0 Å². The number of hydrogen-bond acceptors (Lipinski definition) is 4. The summed E-state index contributed by atoms with van der Waals surface area (Å²) in [4.78, 5) is 12.1. The Morgan fingerprint density at radius 1 is 1.00 bits per heavy atom. The molecule has 5 nitrogen and oxygen atoms in total. The molecule has 0 saturated heterocycles. The standard InChI is InChI=1S/C22H18FNO4S/c1-12-10-15(23)8-9-20(12)29(26,27)24-19-11-18-21(13(2)25)14(3)28-22(18)17-7-5-4-6-16(17)19/h4-11,24H,1-3H3. The van der Waals surface area contributed by atoms with E-state index in [1.807, 2.05) is 12.1 Å². The smallest absolute Gasteiger partial charge is 0.262 e. The van der Waals surface area contributed by atoms with Crippen molar-refractivity contribution in [2.24, 2.45) is 0 Å². The predicted molar refractivity (Wildman–Crippen MR) is 110 cm³/mol. The van der Waals surface area contributed by atoms with Crippen LogP contribution in [0.15, 0.2) is 57.8 Å². The van der Waals surface area contributed by atoms with Crippen molar-refractivity contribution in [3.63, 3.8) is 0 Å². The average Bonchev–Trinajstić information content (AvgIpc) is 2.97. The number of sulfonamides is 1. The number of anilines is 1. The van der Waals surface area contributed by atoms with Gasteiger partial charge in [0.2, 0.25) is 0 Å². The van der Waals surface area contributed by atoms with Crippen molar-refractivity contribution in [1.82, 2.24) is 0 Å². The number of benzene rings is 3. The third-order valence-electron chi connectivity index (χ3n) is 4.89. The molecule has 1 N–H and O–H groups in total. The van der Waals surface area contributed by atoms with Gasteiger partial charge in [-0.3, -0.25) is 9.52 Å². The molecule has 148 valence electrons. The summed E-state index contributed by atoms with van der Waals surface area (Å²) in [6.07, 6.45) is 0. The molecular formula is C22H18FNO4S. The quantitative estimate of drug-likeness (QED) is 0.460. The number of nitrogens with one attached hydrogen (secondary N) is 1. The van der Waals surface area contributed by atoms with E-state index in [1.165, 1.54) is 26.0 Å². The first-order valence-corrected chi connectivity index (χ1v) is 10.4. The predicted octanol–water partition coefficient (Wildman–Crippen LogP) is 5.35. The topological polar surface area (TPSA) is 76.4 Å². The molecule has 4 rings (SSSR count). The molecule has 0 radical (unpaired) electrons. The SMILES string of the molecule is CC(=O)c1c(C)oc2c1cc(NS(=O)(=O)c1ccc(F)cc1C)c1ccccc12. The van der Waals surface area contributed by atoms with Crippen molar-refractivity contribution in [3.05, 3.63) is 71.2 Å². The van der Waals surface area contributed by atoms with Crippen LogP contribution in [0.25, 0.3) is 21.7 Å². The Balaban J connectivity index is 1.97. The van der Waals surface area contributed by atoms with Crippen LogP contribution in [0.5, 0.6) is 0 Å². The summed E-state index contributed by atoms with van der Waals surface area (Å²) in [5.74, 6) is -0.194. The Hall–Kier alpha value is -3.19. The molecule has 29 heavy (non-hydrogen) atoms. The number of carbonyl (C=O) groups is 1. The molecule has 0 bridgehead atoms. The highest BCUT2D eigenvalue weighted by Crippen LogP contribution is 2.37. The molecule has 0 saturated carbocycles. The van der Waals surface area contributed by atoms with E-state index in [0.717, 1.165) is 6.07 Å². The second kappa shape index (κ2) is 6.70. The van der Waals surface area contributed by atoms with Crippen molar-refractivity contribution in [3.8, 4) is 0 Å². The summed E-state index contributed by atoms with van der Waals surface area (Å²) in [5.41, 5.74) is 1.57. The highest BCUT2D eigenvalue weighted by Gasteiger charge is 2.22. The van der Waals surface area contributed by atoms with E-state index in [-0.39, 0.29) is 10.7 Å². The van der Waals surface area contributed by atoms with Crippen LogP contribution in [0.3, 0.4) is 0 Å². The van der Waals surface area contributed by atoms with Crippen LogP contribution in [0.4, 0.5) is 10.1 Å². The van der Waals surface area contributed by atoms with Gasteiger partial charge in [0, 0.05) is 16.2 Å². The molecule has 3 aromatic carbocycles. The maximum atomic E-state index is 13.4. The molecule has 0 aliphatic rings. The molecule has 1 aromatic heterocycles. The number of Topliss-reactive ketones (excluding diaryl/α,β-unsaturated/α-hetero) is 1. The number of furan rings is 1. The summed E-state index contributed by atoms with van der Waals surface area (Å²) in [5, 5.41) is 1.86. The number of halogens is 1. The fourth-order valence-electron chi connectivity index (χ4n) is 3.67. The van der Waals surface area contributed by atoms with E-state index < -0.39 is 15.8 Å². The largest absolute Gasteiger partial charge is 0.460 e. The summed E-state index contributed by atoms with van der Waals surface area (Å²) in [7, 11) is -3.98. The minimum Gasteiger partial charge on any atom is -0.460 e. The maximum Gasteiger partial charge on any atom is 0.262 e. The summed E-state index contributed by atoms with van der Waals surface area (Å²) in [6.45, 7) is 4.68. The maximum absolute atomic E-state index is 13.4. The van der Waals surface area contributed by atoms with Crippen molar-refractivity contribution in [2.45, 2.75) is 25.7 Å². The minimum absolute atomic E-state index is 0.0155. The van der Waals surface area contributed by atoms with Crippen LogP contribution in [0.1, 0.15) is 28.6 Å². The third-order valence-corrected chi connectivity index (χ3v) is 6.42. The summed E-state index contributed by atoms with van der Waals surface area (Å²) < 4.78 is 47.9. The highest BCUT2D eigenvalue weighted by atomic mass is 32.2. The van der Waals surface area contributed by atoms with E-state index in [1.54, 1.807) is 25.1 Å². The van der Waals surface area contributed by atoms with Gasteiger partial charge in [-0.25, -0.2) is 12.8 Å². The van der Waals surface area contributed by atoms with Gasteiger partial charge in [0.05, 0.1) is 16.1 Å². The van der Waals surface area contributed by atoms with Gasteiger partial charge in [-0.2, -0.15) is 0 Å². The molecule has 0 amide bonds. The van der Waals surface area contributed by atoms with Crippen molar-refractivity contribution in [1.29, 1.82) is 0 Å². The lowest BCUT2D eigenvalue weighted by Gasteiger charge is -2.13. The van der Waals surface area contributed by atoms with Gasteiger partial charge in [0.25, 0.3) is 10.0 Å². The molecule has 0 aliphatic carbocycles. The summed E-state index contributed by atoms with van der Waals surface area (Å²) in [6, 6.07) is 12.3. The lowest BCUT2D eigenvalue weighted by Crippen LogP contribution is -2.14. The third kappa shape index (κ3) is 3.17. The van der Waals surface area contributed by atoms with E-state index in [4.69, 9.17) is 4.42 Å². The van der Waals surface area contributed by atoms with Crippen LogP contribution in [-0.4, -0.2) is 14.2 Å². The fourth-order valence-corrected chi connectivity index (χ4v) is 4.97. The van der Waals surface area contributed by atoms with Gasteiger partial charge in [0.1, 0.15) is 17.2 Å². The molecule has 0 aliphatic heterocycles. The Morgan fingerprint density at radius 2 is 1.69 bits per heavy atom. The Bertz CT molecular complexity index is 1400. The zero-order chi connectivity index (χ0) is 20.9. The fraction of sp³-hybridized carbons (Fsp3) is 0.136. The Morgan fingerprint density at radius 3 is 2.34 bits per heavy atom. The zero-order valence-corrected chi connectivity index (χ0v) is 16.9. The van der Waals surface area contributed by atoms with Crippen molar-refractivity contribution >= 4 is 43.2 Å². The van der Waals surface area contributed by atoms with E-state index in [9.17, 15) is 17.6 Å². The molecule has 0 atom stereocenters. The van der Waals surface area contributed by atoms with Crippen LogP contribution >= 0.6 is 0 Å². The molecule has 0 fully saturated rings. The lowest BCUT2D eigenvalue weighted by molar-refractivity contribution is 0.101. The second-order valence-corrected chi connectivity index (χ2v) is 8.60. The van der Waals surface area contributed by atoms with E-state index in [0.29, 0.717) is 44.3 Å². The van der Waals surface area contributed by atoms with Crippen LogP contribution in [0.2, 0.25) is 0 Å². The average molecular weight is 411 g/mol. The van der Waals surface area contributed by atoms with Gasteiger partial charge >= 0.3 is 0 Å². The van der Waals surface area contributed by atoms with Crippen LogP contribution < -0.4 is 4.72 Å². The first kappa shape index (κ1) is 19.1. The number of hydrogen-bond donors (Lipinski definition) is 1. The number of rotatable bonds is 4. The van der Waals surface area contributed by atoms with Gasteiger partial charge in [0.15, 0.2) is 5.78 Å². The normalized spacial score (nSPS) is 11.9. The van der Waals surface area contributed by atoms with E-state index >= 15 is 0 Å². The highest BCUT2D eigenvalue weighted by molar-refractivity contribution is 7.92. The Labute approximate surface area is 167 Å². The first-order chi connectivity index (χ1) is 13.7. The van der Waals surface area contributed by atoms with Gasteiger partial charge in [-0.15, -0.1) is 0 Å². The first-order valence-electron chi connectivity index (χ1n) is 8.94. The van der Waals surface area contributed by atoms with Crippen LogP contribution in [-0.2, 0) is 10.0 Å². The molecule has 4 aromatic rings. The number of carbonyl (C=O) groups excluding carboxylic acids is 1. The second-order valence-electron chi connectivity index (χ2n) is 6.95. The Kier molecular flexibility index (Phi) is 4.42. The van der Waals surface area contributed by atoms with Crippen LogP contribution in [0, 0.1) is 19.7 Å². The number of ketones is 1. The summed E-state index contributed by atoms with van der Waals surface area (Å²) >= 11 is 0. The monoisotopic (exact) mass is 411 g/mol. The van der Waals surface area contributed by atoms with Gasteiger partial charge in [-0.1, -0.05) is 24.3 Å². The minimum atomic E-state index is -3.98. The number of aryl methyl sites for hydroxylation is 2. The molecule has 7 heteroatoms. The molecule has 0 unspecified atom stereocenters. The zero-order valence-electron chi connectivity index (χ0n) is 16.0. The van der Waals surface area contributed by atoms with Gasteiger partial charge in [-0.05, 0) is 50.6 Å². The number of fused-ring (bicyclic) bond motifs is 3. The molecular weight excluding hydrogens is 393 g/mol. The molecule has 0 spiro atoms. The lowest BCUT2D eigenvalue weighted by atomic mass is 10.0. The molecule has 1 heterocycles.